The van der Waals surface area contributed by atoms with Gasteiger partial charge in [-0.05, 0) is 25.8 Å². The minimum atomic E-state index is -0.418. The number of amides is 3. The highest BCUT2D eigenvalue weighted by Crippen LogP contribution is 2.07. The molecule has 1 rings (SSSR count). The number of nitrogens with two attached hydrogens (primary N) is 1. The van der Waals surface area contributed by atoms with Crippen molar-refractivity contribution in [3.8, 4) is 0 Å². The third-order valence-electron chi connectivity index (χ3n) is 2.70. The van der Waals surface area contributed by atoms with Crippen molar-refractivity contribution in [3.63, 3.8) is 0 Å². The molecule has 1 saturated heterocycles. The lowest BCUT2D eigenvalue weighted by molar-refractivity contribution is -0.121. The first kappa shape index (κ1) is 17.2. The largest absolute Gasteiger partial charge is 0.338 e. The number of hydrogen-bond donors (Lipinski definition) is 3. The van der Waals surface area contributed by atoms with E-state index < -0.39 is 6.03 Å². The third-order valence-corrected chi connectivity index (χ3v) is 2.70. The molecule has 6 nitrogen and oxygen atoms in total. The molecule has 1 aliphatic heterocycles. The van der Waals surface area contributed by atoms with Gasteiger partial charge in [0, 0.05) is 19.1 Å². The van der Waals surface area contributed by atoms with Crippen LogP contribution in [0.15, 0.2) is 0 Å². The molecule has 106 valence electrons. The summed E-state index contributed by atoms with van der Waals surface area (Å²) in [6, 6.07) is -0.274. The molecule has 1 aliphatic rings. The van der Waals surface area contributed by atoms with E-state index in [4.69, 9.17) is 5.73 Å². The highest BCUT2D eigenvalue weighted by atomic mass is 35.5. The Morgan fingerprint density at radius 2 is 2.17 bits per heavy atom. The summed E-state index contributed by atoms with van der Waals surface area (Å²) in [5.41, 5.74) is 5.82. The first-order valence-electron chi connectivity index (χ1n) is 6.17. The first-order valence-corrected chi connectivity index (χ1v) is 6.17. The number of hydrogen-bond acceptors (Lipinski definition) is 4. The Morgan fingerprint density at radius 3 is 2.78 bits per heavy atom. The Morgan fingerprint density at radius 1 is 1.44 bits per heavy atom. The van der Waals surface area contributed by atoms with Gasteiger partial charge in [-0.1, -0.05) is 6.92 Å². The van der Waals surface area contributed by atoms with Crippen molar-refractivity contribution in [2.75, 3.05) is 26.2 Å². The second kappa shape index (κ2) is 9.13. The summed E-state index contributed by atoms with van der Waals surface area (Å²) in [6.07, 6.45) is 2.87. The topological polar surface area (TPSA) is 87.5 Å². The molecule has 0 saturated carbocycles. The molecular formula is C11H23ClN4O2. The van der Waals surface area contributed by atoms with Crippen molar-refractivity contribution >= 4 is 24.3 Å². The van der Waals surface area contributed by atoms with E-state index in [1.165, 1.54) is 0 Å². The van der Waals surface area contributed by atoms with Crippen LogP contribution < -0.4 is 16.4 Å². The van der Waals surface area contributed by atoms with E-state index >= 15 is 0 Å². The Labute approximate surface area is 114 Å². The van der Waals surface area contributed by atoms with Gasteiger partial charge in [-0.25, -0.2) is 4.79 Å². The molecule has 1 heterocycles. The zero-order valence-electron chi connectivity index (χ0n) is 10.8. The van der Waals surface area contributed by atoms with Crippen molar-refractivity contribution in [2.24, 2.45) is 5.73 Å². The fourth-order valence-electron chi connectivity index (χ4n) is 1.89. The highest BCUT2D eigenvalue weighted by molar-refractivity contribution is 5.95. The lowest BCUT2D eigenvalue weighted by atomic mass is 10.1. The van der Waals surface area contributed by atoms with E-state index in [1.807, 2.05) is 11.8 Å². The minimum absolute atomic E-state index is 0. The van der Waals surface area contributed by atoms with E-state index in [9.17, 15) is 9.59 Å². The molecule has 0 aliphatic carbocycles. The van der Waals surface area contributed by atoms with Crippen LogP contribution in [0.5, 0.6) is 0 Å². The molecule has 0 aromatic rings. The maximum atomic E-state index is 11.5. The Kier molecular flexibility index (Phi) is 8.70. The van der Waals surface area contributed by atoms with Crippen molar-refractivity contribution < 1.29 is 9.59 Å². The van der Waals surface area contributed by atoms with Crippen molar-refractivity contribution in [3.05, 3.63) is 0 Å². The van der Waals surface area contributed by atoms with Gasteiger partial charge < -0.3 is 11.1 Å². The zero-order valence-corrected chi connectivity index (χ0v) is 11.6. The van der Waals surface area contributed by atoms with Crippen LogP contribution in [0.2, 0.25) is 0 Å². The van der Waals surface area contributed by atoms with Crippen LogP contribution in [-0.4, -0.2) is 49.1 Å². The van der Waals surface area contributed by atoms with Gasteiger partial charge in [0.25, 0.3) is 0 Å². The number of likely N-dealkylation sites (tertiary alicyclic amines) is 1. The number of carbonyl (C=O) groups excluding carboxylic acids is 2. The van der Waals surface area contributed by atoms with Crippen molar-refractivity contribution in [1.82, 2.24) is 15.5 Å². The molecule has 0 radical (unpaired) electrons. The van der Waals surface area contributed by atoms with Crippen LogP contribution in [0.4, 0.5) is 4.79 Å². The summed E-state index contributed by atoms with van der Waals surface area (Å²) >= 11 is 0. The molecule has 0 spiro atoms. The van der Waals surface area contributed by atoms with Gasteiger partial charge in [0.15, 0.2) is 0 Å². The van der Waals surface area contributed by atoms with Gasteiger partial charge in [-0.3, -0.25) is 15.0 Å². The van der Waals surface area contributed by atoms with Crippen LogP contribution in [0.1, 0.15) is 26.2 Å². The van der Waals surface area contributed by atoms with Crippen LogP contribution in [0, 0.1) is 0 Å². The van der Waals surface area contributed by atoms with Gasteiger partial charge >= 0.3 is 6.03 Å². The fourth-order valence-corrected chi connectivity index (χ4v) is 1.89. The molecule has 0 unspecified atom stereocenters. The van der Waals surface area contributed by atoms with Gasteiger partial charge in [0.05, 0.1) is 6.54 Å². The van der Waals surface area contributed by atoms with E-state index in [-0.39, 0.29) is 30.9 Å². The summed E-state index contributed by atoms with van der Waals surface area (Å²) in [6.45, 7) is 4.37. The molecule has 1 fully saturated rings. The van der Waals surface area contributed by atoms with E-state index in [1.54, 1.807) is 0 Å². The summed E-state index contributed by atoms with van der Waals surface area (Å²) in [5, 5.41) is 4.90. The smallest absolute Gasteiger partial charge is 0.321 e. The van der Waals surface area contributed by atoms with Gasteiger partial charge in [0.2, 0.25) is 5.91 Å². The monoisotopic (exact) mass is 278 g/mol. The minimum Gasteiger partial charge on any atom is -0.338 e. The van der Waals surface area contributed by atoms with Crippen LogP contribution in [0.25, 0.3) is 0 Å². The molecule has 3 amide bonds. The summed E-state index contributed by atoms with van der Waals surface area (Å²) in [5.74, 6) is -0.271. The maximum absolute atomic E-state index is 11.5. The molecule has 7 heteroatoms. The van der Waals surface area contributed by atoms with E-state index in [0.717, 1.165) is 32.4 Å². The summed E-state index contributed by atoms with van der Waals surface area (Å²) < 4.78 is 0. The molecule has 0 aromatic carbocycles. The number of nitrogens with one attached hydrogen (secondary N) is 2. The second-order valence-corrected chi connectivity index (χ2v) is 4.44. The molecular weight excluding hydrogens is 256 g/mol. The lowest BCUT2D eigenvalue weighted by Crippen LogP contribution is -2.49. The number of rotatable bonds is 4. The number of piperidine rings is 1. The van der Waals surface area contributed by atoms with Crippen LogP contribution in [-0.2, 0) is 4.79 Å². The first-order chi connectivity index (χ1) is 8.11. The number of urea groups is 1. The average Bonchev–Trinajstić information content (AvgIpc) is 2.26. The van der Waals surface area contributed by atoms with E-state index in [0.29, 0.717) is 6.54 Å². The molecule has 18 heavy (non-hydrogen) atoms. The van der Waals surface area contributed by atoms with Gasteiger partial charge in [-0.2, -0.15) is 0 Å². The summed E-state index contributed by atoms with van der Waals surface area (Å²) in [7, 11) is 0. The number of halogens is 1. The molecule has 4 N–H and O–H groups in total. The quantitative estimate of drug-likeness (QED) is 0.679. The SMILES string of the molecule is CCCNC(=O)NC(=O)CN1CCC[C@@H](N)C1.Cl. The van der Waals surface area contributed by atoms with Crippen molar-refractivity contribution in [2.45, 2.75) is 32.2 Å². The van der Waals surface area contributed by atoms with E-state index in [2.05, 4.69) is 10.6 Å². The van der Waals surface area contributed by atoms with Crippen LogP contribution in [0.3, 0.4) is 0 Å². The van der Waals surface area contributed by atoms with Gasteiger partial charge in [0.1, 0.15) is 0 Å². The third kappa shape index (κ3) is 6.78. The fraction of sp³-hybridized carbons (Fsp3) is 0.818. The molecule has 0 aromatic heterocycles. The zero-order chi connectivity index (χ0) is 12.7. The normalized spacial score (nSPS) is 19.8. The Bertz CT molecular complexity index is 276. The summed E-state index contributed by atoms with van der Waals surface area (Å²) in [4.78, 5) is 24.8. The number of nitrogens with zero attached hydrogens (tertiary/aromatic N) is 1. The Balaban J connectivity index is 0.00000289. The van der Waals surface area contributed by atoms with Gasteiger partial charge in [-0.15, -0.1) is 12.4 Å². The number of carbonyl (C=O) groups is 2. The van der Waals surface area contributed by atoms with Crippen LogP contribution >= 0.6 is 12.4 Å². The molecule has 0 bridgehead atoms. The maximum Gasteiger partial charge on any atom is 0.321 e. The lowest BCUT2D eigenvalue weighted by Gasteiger charge is -2.29. The molecule has 1 atom stereocenters. The number of imide groups is 1. The average molecular weight is 279 g/mol. The standard InChI is InChI=1S/C11H22N4O2.ClH/c1-2-5-13-11(17)14-10(16)8-15-6-3-4-9(12)7-15;/h9H,2-8,12H2,1H3,(H2,13,14,16,17);1H/t9-;/m1./s1. The van der Waals surface area contributed by atoms with Crippen molar-refractivity contribution in [1.29, 1.82) is 0 Å². The predicted octanol–water partition coefficient (Wildman–Crippen LogP) is 0.0671. The highest BCUT2D eigenvalue weighted by Gasteiger charge is 2.19. The second-order valence-electron chi connectivity index (χ2n) is 4.44. The predicted molar refractivity (Wildman–Crippen MR) is 72.7 cm³/mol. The Hall–Kier alpha value is -0.850.